The van der Waals surface area contributed by atoms with Gasteiger partial charge in [0, 0.05) is 43.2 Å². The standard InChI is InChI=1S/C36H32FN3O3/c1-23(2)35(41)39(3)32-28-15-10-20-38-31(28)34(43-33(25-11-6-4-7-12-25)26-13-8-5-9-14-26)30-29(32)22-40(36(30)42)21-24-16-18-27(37)19-17-24/h4-20,23,33H,21-22H2,1-3H3. The van der Waals surface area contributed by atoms with Gasteiger partial charge in [0.2, 0.25) is 5.91 Å². The van der Waals surface area contributed by atoms with E-state index in [-0.39, 0.29) is 36.6 Å². The maximum atomic E-state index is 14.3. The van der Waals surface area contributed by atoms with Gasteiger partial charge in [-0.3, -0.25) is 14.6 Å². The molecule has 5 aromatic rings. The highest BCUT2D eigenvalue weighted by atomic mass is 19.1. The first kappa shape index (κ1) is 28.1. The van der Waals surface area contributed by atoms with Crippen LogP contribution in [0.2, 0.25) is 0 Å². The summed E-state index contributed by atoms with van der Waals surface area (Å²) in [5.41, 5.74) is 4.91. The molecular weight excluding hydrogens is 541 g/mol. The Morgan fingerprint density at radius 2 is 1.56 bits per heavy atom. The Kier molecular flexibility index (Phi) is 7.63. The zero-order valence-electron chi connectivity index (χ0n) is 24.3. The second-order valence-electron chi connectivity index (χ2n) is 11.1. The first-order chi connectivity index (χ1) is 20.8. The van der Waals surface area contributed by atoms with E-state index in [0.29, 0.717) is 28.1 Å². The summed E-state index contributed by atoms with van der Waals surface area (Å²) in [6.45, 7) is 4.25. The zero-order valence-corrected chi connectivity index (χ0v) is 24.3. The number of hydrogen-bond donors (Lipinski definition) is 0. The lowest BCUT2D eigenvalue weighted by Gasteiger charge is -2.27. The molecule has 0 unspecified atom stereocenters. The van der Waals surface area contributed by atoms with E-state index in [1.54, 1.807) is 35.2 Å². The number of carbonyl (C=O) groups is 2. The molecule has 0 N–H and O–H groups in total. The summed E-state index contributed by atoms with van der Waals surface area (Å²) >= 11 is 0. The van der Waals surface area contributed by atoms with Crippen LogP contribution >= 0.6 is 0 Å². The monoisotopic (exact) mass is 573 g/mol. The molecule has 0 aliphatic carbocycles. The number of nitrogens with zero attached hydrogens (tertiary/aromatic N) is 3. The minimum Gasteiger partial charge on any atom is -0.478 e. The zero-order chi connectivity index (χ0) is 30.1. The van der Waals surface area contributed by atoms with Gasteiger partial charge in [-0.25, -0.2) is 4.39 Å². The molecule has 0 radical (unpaired) electrons. The minimum atomic E-state index is -0.517. The normalized spacial score (nSPS) is 12.7. The number of ether oxygens (including phenoxy) is 1. The average Bonchev–Trinajstić information content (AvgIpc) is 3.35. The Hall–Kier alpha value is -5.04. The van der Waals surface area contributed by atoms with Crippen molar-refractivity contribution in [3.05, 3.63) is 137 Å². The van der Waals surface area contributed by atoms with Crippen LogP contribution in [0.25, 0.3) is 10.9 Å². The van der Waals surface area contributed by atoms with E-state index in [4.69, 9.17) is 9.72 Å². The molecule has 0 atom stereocenters. The van der Waals surface area contributed by atoms with E-state index in [1.165, 1.54) is 12.1 Å². The number of benzene rings is 4. The predicted octanol–water partition coefficient (Wildman–Crippen LogP) is 7.32. The van der Waals surface area contributed by atoms with Gasteiger partial charge < -0.3 is 14.5 Å². The second kappa shape index (κ2) is 11.7. The smallest absolute Gasteiger partial charge is 0.258 e. The van der Waals surface area contributed by atoms with Crippen molar-refractivity contribution >= 4 is 28.4 Å². The van der Waals surface area contributed by atoms with Crippen LogP contribution in [0.5, 0.6) is 5.75 Å². The number of fused-ring (bicyclic) bond motifs is 2. The molecule has 0 saturated heterocycles. The molecule has 1 aliphatic heterocycles. The van der Waals surface area contributed by atoms with Crippen molar-refractivity contribution in [1.82, 2.24) is 9.88 Å². The molecule has 1 aromatic heterocycles. The first-order valence-corrected chi connectivity index (χ1v) is 14.3. The SMILES string of the molecule is CC(C)C(=O)N(C)c1c2c(c(OC(c3ccccc3)c3ccccc3)c3ncccc13)C(=O)N(Cc1ccc(F)cc1)C2. The Morgan fingerprint density at radius 3 is 2.16 bits per heavy atom. The van der Waals surface area contributed by atoms with Crippen molar-refractivity contribution in [2.75, 3.05) is 11.9 Å². The third-order valence-corrected chi connectivity index (χ3v) is 7.83. The summed E-state index contributed by atoms with van der Waals surface area (Å²) in [6, 6.07) is 29.6. The molecule has 0 saturated carbocycles. The molecule has 2 heterocycles. The first-order valence-electron chi connectivity index (χ1n) is 14.3. The number of amides is 2. The Bertz CT molecular complexity index is 1750. The van der Waals surface area contributed by atoms with Crippen LogP contribution in [0, 0.1) is 11.7 Å². The fraction of sp³-hybridized carbons (Fsp3) is 0.194. The van der Waals surface area contributed by atoms with Crippen molar-refractivity contribution < 1.29 is 18.7 Å². The third kappa shape index (κ3) is 5.34. The average molecular weight is 574 g/mol. The molecule has 6 nitrogen and oxygen atoms in total. The molecule has 4 aromatic carbocycles. The summed E-state index contributed by atoms with van der Waals surface area (Å²) in [7, 11) is 1.74. The lowest BCUT2D eigenvalue weighted by atomic mass is 9.98. The maximum Gasteiger partial charge on any atom is 0.258 e. The molecule has 216 valence electrons. The number of carbonyl (C=O) groups excluding carboxylic acids is 2. The summed E-state index contributed by atoms with van der Waals surface area (Å²) in [4.78, 5) is 35.7. The van der Waals surface area contributed by atoms with Gasteiger partial charge in [0.25, 0.3) is 5.91 Å². The molecule has 2 amide bonds. The number of halogens is 1. The highest BCUT2D eigenvalue weighted by molar-refractivity contribution is 6.14. The topological polar surface area (TPSA) is 62.7 Å². The quantitative estimate of drug-likeness (QED) is 0.195. The number of rotatable bonds is 8. The van der Waals surface area contributed by atoms with Gasteiger partial charge in [-0.2, -0.15) is 0 Å². The summed E-state index contributed by atoms with van der Waals surface area (Å²) < 4.78 is 20.6. The summed E-state index contributed by atoms with van der Waals surface area (Å²) in [5, 5.41) is 0.726. The Labute approximate surface area is 250 Å². The fourth-order valence-corrected chi connectivity index (χ4v) is 5.75. The van der Waals surface area contributed by atoms with Crippen LogP contribution < -0.4 is 9.64 Å². The van der Waals surface area contributed by atoms with Crippen molar-refractivity contribution in [1.29, 1.82) is 0 Å². The molecule has 6 rings (SSSR count). The van der Waals surface area contributed by atoms with Gasteiger partial charge in [0.05, 0.1) is 11.3 Å². The second-order valence-corrected chi connectivity index (χ2v) is 11.1. The van der Waals surface area contributed by atoms with Crippen molar-refractivity contribution in [3.63, 3.8) is 0 Å². The van der Waals surface area contributed by atoms with Gasteiger partial charge in [-0.15, -0.1) is 0 Å². The van der Waals surface area contributed by atoms with Crippen LogP contribution in [0.15, 0.2) is 103 Å². The molecule has 0 fully saturated rings. The van der Waals surface area contributed by atoms with Crippen LogP contribution in [0.4, 0.5) is 10.1 Å². The van der Waals surface area contributed by atoms with Crippen LogP contribution in [-0.4, -0.2) is 28.7 Å². The van der Waals surface area contributed by atoms with Crippen LogP contribution in [-0.2, 0) is 17.9 Å². The molecule has 7 heteroatoms. The van der Waals surface area contributed by atoms with E-state index in [0.717, 1.165) is 22.1 Å². The third-order valence-electron chi connectivity index (χ3n) is 7.83. The van der Waals surface area contributed by atoms with Crippen molar-refractivity contribution in [2.24, 2.45) is 5.92 Å². The van der Waals surface area contributed by atoms with Gasteiger partial charge in [-0.05, 0) is 41.0 Å². The Morgan fingerprint density at radius 1 is 0.930 bits per heavy atom. The number of hydrogen-bond acceptors (Lipinski definition) is 4. The fourth-order valence-electron chi connectivity index (χ4n) is 5.75. The largest absolute Gasteiger partial charge is 0.478 e. The van der Waals surface area contributed by atoms with Crippen molar-refractivity contribution in [2.45, 2.75) is 33.0 Å². The highest BCUT2D eigenvalue weighted by Gasteiger charge is 2.38. The molecule has 0 bridgehead atoms. The molecule has 0 spiro atoms. The minimum absolute atomic E-state index is 0.0723. The Balaban J connectivity index is 1.56. The van der Waals surface area contributed by atoms with Gasteiger partial charge in [0.15, 0.2) is 5.75 Å². The lowest BCUT2D eigenvalue weighted by molar-refractivity contribution is -0.121. The van der Waals surface area contributed by atoms with E-state index in [9.17, 15) is 14.0 Å². The molecule has 1 aliphatic rings. The highest BCUT2D eigenvalue weighted by Crippen LogP contribution is 2.46. The van der Waals surface area contributed by atoms with Gasteiger partial charge in [-0.1, -0.05) is 86.6 Å². The van der Waals surface area contributed by atoms with E-state index in [1.807, 2.05) is 86.6 Å². The molecule has 43 heavy (non-hydrogen) atoms. The summed E-state index contributed by atoms with van der Waals surface area (Å²) in [5.74, 6) is -0.512. The van der Waals surface area contributed by atoms with E-state index < -0.39 is 6.10 Å². The van der Waals surface area contributed by atoms with Gasteiger partial charge >= 0.3 is 0 Å². The van der Waals surface area contributed by atoms with Crippen LogP contribution in [0.3, 0.4) is 0 Å². The number of pyridine rings is 1. The van der Waals surface area contributed by atoms with Gasteiger partial charge in [0.1, 0.15) is 17.4 Å². The predicted molar refractivity (Wildman–Crippen MR) is 165 cm³/mol. The molecular formula is C36H32FN3O3. The number of aromatic nitrogens is 1. The van der Waals surface area contributed by atoms with Crippen molar-refractivity contribution in [3.8, 4) is 5.75 Å². The maximum absolute atomic E-state index is 14.3. The van der Waals surface area contributed by atoms with E-state index in [2.05, 4.69) is 0 Å². The van der Waals surface area contributed by atoms with E-state index >= 15 is 0 Å². The summed E-state index contributed by atoms with van der Waals surface area (Å²) in [6.07, 6.45) is 1.15. The van der Waals surface area contributed by atoms with Crippen LogP contribution in [0.1, 0.15) is 52.6 Å². The number of anilines is 1. The lowest BCUT2D eigenvalue weighted by Crippen LogP contribution is -2.31.